The normalized spacial score (nSPS) is 19.4. The molecule has 1 heterocycles. The summed E-state index contributed by atoms with van der Waals surface area (Å²) in [7, 11) is 0. The smallest absolute Gasteiger partial charge is 0.463 e. The van der Waals surface area contributed by atoms with Crippen molar-refractivity contribution < 1.29 is 22.6 Å². The molecule has 4 nitrogen and oxygen atoms in total. The second kappa shape index (κ2) is 6.37. The van der Waals surface area contributed by atoms with Crippen LogP contribution in [-0.4, -0.2) is 53.2 Å². The van der Waals surface area contributed by atoms with Gasteiger partial charge in [0.1, 0.15) is 0 Å². The minimum atomic E-state index is -3.80. The van der Waals surface area contributed by atoms with Crippen LogP contribution in [0.3, 0.4) is 0 Å². The van der Waals surface area contributed by atoms with Crippen molar-refractivity contribution in [2.45, 2.75) is 46.2 Å². The van der Waals surface area contributed by atoms with E-state index in [-0.39, 0.29) is 25.5 Å². The van der Waals surface area contributed by atoms with Gasteiger partial charge in [0.25, 0.3) is 0 Å². The average Bonchev–Trinajstić information content (AvgIpc) is 2.58. The van der Waals surface area contributed by atoms with Crippen molar-refractivity contribution in [3.63, 3.8) is 0 Å². The van der Waals surface area contributed by atoms with Crippen molar-refractivity contribution in [1.82, 2.24) is 4.90 Å². The number of rotatable bonds is 6. The Balaban J connectivity index is 3.20. The molecule has 0 saturated carbocycles. The molecular weight excluding hydrogens is 265 g/mol. The summed E-state index contributed by atoms with van der Waals surface area (Å²) >= 11 is 0. The fraction of sp³-hybridized carbons (Fsp3) is 0.692. The van der Waals surface area contributed by atoms with Gasteiger partial charge < -0.3 is 17.9 Å². The molecule has 0 aromatic heterocycles. The second-order valence-electron chi connectivity index (χ2n) is 5.26. The van der Waals surface area contributed by atoms with Crippen LogP contribution in [0.4, 0.5) is 8.63 Å². The summed E-state index contributed by atoms with van der Waals surface area (Å²) in [4.78, 5) is 13.6. The molecule has 0 bridgehead atoms. The number of halogens is 2. The van der Waals surface area contributed by atoms with Gasteiger partial charge in [-0.1, -0.05) is 6.08 Å². The molecule has 1 rings (SSSR count). The number of esters is 1. The van der Waals surface area contributed by atoms with Gasteiger partial charge >= 0.3 is 12.8 Å². The average molecular weight is 288 g/mol. The summed E-state index contributed by atoms with van der Waals surface area (Å²) in [6, 6.07) is -1.05. The maximum absolute atomic E-state index is 14.3. The van der Waals surface area contributed by atoms with E-state index in [2.05, 4.69) is 6.58 Å². The van der Waals surface area contributed by atoms with Gasteiger partial charge in [0.15, 0.2) is 11.9 Å². The van der Waals surface area contributed by atoms with E-state index in [1.807, 2.05) is 13.8 Å². The highest BCUT2D eigenvalue weighted by atomic mass is 19.2. The summed E-state index contributed by atoms with van der Waals surface area (Å²) in [6.45, 7) is 6.90. The Hall–Kier alpha value is -1.40. The number of amidine groups is 1. The SMILES string of the molecule is C=CCC(C(=O)OCC)[N+]1=C(C)N(C(C)C)C[B-]1(F)F. The number of nitrogens with zero attached hydrogens (tertiary/aromatic N) is 2. The van der Waals surface area contributed by atoms with Crippen LogP contribution >= 0.6 is 0 Å². The molecule has 114 valence electrons. The van der Waals surface area contributed by atoms with Gasteiger partial charge in [-0.05, 0) is 20.8 Å². The molecule has 1 aliphatic rings. The van der Waals surface area contributed by atoms with E-state index in [0.29, 0.717) is 5.84 Å². The van der Waals surface area contributed by atoms with Crippen LogP contribution in [-0.2, 0) is 9.53 Å². The van der Waals surface area contributed by atoms with E-state index < -0.39 is 18.8 Å². The van der Waals surface area contributed by atoms with Crippen molar-refractivity contribution in [2.75, 3.05) is 13.1 Å². The highest BCUT2D eigenvalue weighted by Crippen LogP contribution is 2.25. The third-order valence-electron chi connectivity index (χ3n) is 3.52. The van der Waals surface area contributed by atoms with Crippen LogP contribution < -0.4 is 0 Å². The van der Waals surface area contributed by atoms with E-state index in [9.17, 15) is 13.4 Å². The fourth-order valence-electron chi connectivity index (χ4n) is 2.67. The third kappa shape index (κ3) is 3.19. The van der Waals surface area contributed by atoms with Gasteiger partial charge in [-0.15, -0.1) is 6.58 Å². The van der Waals surface area contributed by atoms with Crippen LogP contribution in [0.25, 0.3) is 0 Å². The lowest BCUT2D eigenvalue weighted by Crippen LogP contribution is -2.49. The zero-order valence-electron chi connectivity index (χ0n) is 12.6. The van der Waals surface area contributed by atoms with Crippen molar-refractivity contribution in [2.24, 2.45) is 0 Å². The molecule has 0 fully saturated rings. The van der Waals surface area contributed by atoms with Gasteiger partial charge in [0.2, 0.25) is 0 Å². The zero-order valence-corrected chi connectivity index (χ0v) is 12.6. The first-order chi connectivity index (χ1) is 9.26. The Morgan fingerprint density at radius 2 is 2.20 bits per heavy atom. The molecule has 0 radical (unpaired) electrons. The number of carbonyl (C=O) groups excluding carboxylic acids is 1. The quantitative estimate of drug-likeness (QED) is 0.426. The molecule has 0 aromatic rings. The van der Waals surface area contributed by atoms with Crippen molar-refractivity contribution in [3.05, 3.63) is 12.7 Å². The molecule has 0 amide bonds. The summed E-state index contributed by atoms with van der Waals surface area (Å²) < 4.78 is 34.5. The van der Waals surface area contributed by atoms with E-state index >= 15 is 0 Å². The van der Waals surface area contributed by atoms with E-state index in [4.69, 9.17) is 4.74 Å². The molecular formula is C13H23BF2N2O2. The largest absolute Gasteiger partial charge is 0.553 e. The lowest BCUT2D eigenvalue weighted by molar-refractivity contribution is -0.452. The molecule has 1 aliphatic heterocycles. The summed E-state index contributed by atoms with van der Waals surface area (Å²) in [6.07, 6.45) is 1.26. The number of carbonyl (C=O) groups is 1. The third-order valence-corrected chi connectivity index (χ3v) is 3.52. The topological polar surface area (TPSA) is 32.6 Å². The van der Waals surface area contributed by atoms with E-state index in [1.165, 1.54) is 6.08 Å². The summed E-state index contributed by atoms with van der Waals surface area (Å²) in [5.41, 5.74) is 0. The molecule has 1 atom stereocenters. The molecule has 0 N–H and O–H groups in total. The molecule has 0 saturated heterocycles. The first-order valence-electron chi connectivity index (χ1n) is 6.95. The van der Waals surface area contributed by atoms with Gasteiger partial charge in [-0.3, -0.25) is 4.90 Å². The van der Waals surface area contributed by atoms with Crippen molar-refractivity contribution in [1.29, 1.82) is 0 Å². The van der Waals surface area contributed by atoms with Crippen LogP contribution in [0.1, 0.15) is 34.1 Å². The molecule has 0 aliphatic carbocycles. The van der Waals surface area contributed by atoms with E-state index in [1.54, 1.807) is 18.7 Å². The lowest BCUT2D eigenvalue weighted by atomic mass is 9.78. The lowest BCUT2D eigenvalue weighted by Gasteiger charge is -2.25. The molecule has 1 unspecified atom stereocenters. The van der Waals surface area contributed by atoms with Gasteiger partial charge in [-0.25, -0.2) is 4.79 Å². The van der Waals surface area contributed by atoms with Gasteiger partial charge in [0, 0.05) is 13.3 Å². The minimum Gasteiger partial charge on any atom is -0.463 e. The fourth-order valence-corrected chi connectivity index (χ4v) is 2.67. The van der Waals surface area contributed by atoms with Gasteiger partial charge in [-0.2, -0.15) is 0 Å². The standard InChI is InChI=1S/C13H23BF2N2O2/c1-6-8-12(13(19)20-7-2)18-11(5)17(10(3)4)9-14(18,15)16/h6,10,12H,1,7-9H2,2-5H3. The Bertz CT molecular complexity index is 425. The number of hydrogen-bond donors (Lipinski definition) is 0. The van der Waals surface area contributed by atoms with Crippen molar-refractivity contribution >= 4 is 18.6 Å². The Morgan fingerprint density at radius 1 is 1.60 bits per heavy atom. The van der Waals surface area contributed by atoms with Crippen molar-refractivity contribution in [3.8, 4) is 0 Å². The summed E-state index contributed by atoms with van der Waals surface area (Å²) in [5, 5.41) is 0. The zero-order chi connectivity index (χ0) is 15.5. The monoisotopic (exact) mass is 288 g/mol. The Kier molecular flexibility index (Phi) is 5.31. The predicted molar refractivity (Wildman–Crippen MR) is 76.0 cm³/mol. The number of hydrogen-bond acceptors (Lipinski definition) is 3. The maximum atomic E-state index is 14.3. The molecule has 20 heavy (non-hydrogen) atoms. The maximum Gasteiger partial charge on any atom is 0.553 e. The molecule has 7 heteroatoms. The van der Waals surface area contributed by atoms with Crippen LogP contribution in [0, 0.1) is 0 Å². The highest BCUT2D eigenvalue weighted by molar-refractivity contribution is 6.60. The van der Waals surface area contributed by atoms with Gasteiger partial charge in [0.05, 0.1) is 19.1 Å². The van der Waals surface area contributed by atoms with Crippen LogP contribution in [0.15, 0.2) is 12.7 Å². The van der Waals surface area contributed by atoms with E-state index in [0.717, 1.165) is 4.49 Å². The van der Waals surface area contributed by atoms with Crippen LogP contribution in [0.2, 0.25) is 0 Å². The second-order valence-corrected chi connectivity index (χ2v) is 5.26. The van der Waals surface area contributed by atoms with Crippen LogP contribution in [0.5, 0.6) is 0 Å². The first kappa shape index (κ1) is 16.7. The Morgan fingerprint density at radius 3 is 2.60 bits per heavy atom. The predicted octanol–water partition coefficient (Wildman–Crippen LogP) is 2.07. The minimum absolute atomic E-state index is 0.0423. The first-order valence-corrected chi connectivity index (χ1v) is 6.95. The molecule has 0 aromatic carbocycles. The Labute approximate surface area is 119 Å². The number of ether oxygens (including phenoxy) is 1. The summed E-state index contributed by atoms with van der Waals surface area (Å²) in [5.74, 6) is -0.205. The molecule has 0 spiro atoms. The highest BCUT2D eigenvalue weighted by Gasteiger charge is 2.52.